The van der Waals surface area contributed by atoms with Gasteiger partial charge in [-0.1, -0.05) is 6.07 Å². The predicted molar refractivity (Wildman–Crippen MR) is 102 cm³/mol. The molecule has 8 heteroatoms. The van der Waals surface area contributed by atoms with Gasteiger partial charge in [-0.05, 0) is 45.9 Å². The van der Waals surface area contributed by atoms with Crippen molar-refractivity contribution in [2.24, 2.45) is 0 Å². The summed E-state index contributed by atoms with van der Waals surface area (Å²) in [6, 6.07) is 7.26. The first-order valence-electron chi connectivity index (χ1n) is 8.60. The van der Waals surface area contributed by atoms with Gasteiger partial charge in [-0.2, -0.15) is 9.78 Å². The maximum atomic E-state index is 12.4. The molecule has 0 bridgehead atoms. The largest absolute Gasteiger partial charge is 0.350 e. The Balaban J connectivity index is 1.80. The third-order valence-corrected chi connectivity index (χ3v) is 3.76. The lowest BCUT2D eigenvalue weighted by molar-refractivity contribution is -0.121. The van der Waals surface area contributed by atoms with Crippen LogP contribution < -0.4 is 10.6 Å². The normalized spacial score (nSPS) is 11.4. The number of hydrogen-bond donors (Lipinski definition) is 2. The van der Waals surface area contributed by atoms with Gasteiger partial charge in [-0.25, -0.2) is 9.97 Å². The highest BCUT2D eigenvalue weighted by atomic mass is 16.2. The van der Waals surface area contributed by atoms with Crippen molar-refractivity contribution in [3.8, 4) is 5.82 Å². The molecule has 2 amide bonds. The van der Waals surface area contributed by atoms with Crippen LogP contribution in [0.15, 0.2) is 36.7 Å². The maximum Gasteiger partial charge on any atom is 0.253 e. The Morgan fingerprint density at radius 1 is 1.19 bits per heavy atom. The van der Waals surface area contributed by atoms with Crippen molar-refractivity contribution in [3.05, 3.63) is 47.9 Å². The molecule has 0 aliphatic carbocycles. The molecule has 0 saturated heterocycles. The highest BCUT2D eigenvalue weighted by Crippen LogP contribution is 2.20. The van der Waals surface area contributed by atoms with Gasteiger partial charge in [-0.15, -0.1) is 0 Å². The van der Waals surface area contributed by atoms with Crippen molar-refractivity contribution in [2.45, 2.75) is 33.2 Å². The monoisotopic (exact) mass is 366 g/mol. The van der Waals surface area contributed by atoms with Gasteiger partial charge in [0.15, 0.2) is 11.5 Å². The summed E-state index contributed by atoms with van der Waals surface area (Å²) in [5.74, 6) is 0.0432. The van der Waals surface area contributed by atoms with Gasteiger partial charge in [0.05, 0.1) is 17.8 Å². The molecule has 3 rings (SSSR count). The summed E-state index contributed by atoms with van der Waals surface area (Å²) < 4.78 is 1.64. The summed E-state index contributed by atoms with van der Waals surface area (Å²) in [7, 11) is 0. The Kier molecular flexibility index (Phi) is 4.89. The Hall–Kier alpha value is -3.29. The van der Waals surface area contributed by atoms with E-state index in [2.05, 4.69) is 25.7 Å². The second-order valence-electron chi connectivity index (χ2n) is 7.26. The van der Waals surface area contributed by atoms with Crippen molar-refractivity contribution < 1.29 is 9.59 Å². The number of aryl methyl sites for hydroxylation is 1. The molecule has 0 atom stereocenters. The fourth-order valence-corrected chi connectivity index (χ4v) is 2.63. The van der Waals surface area contributed by atoms with Crippen molar-refractivity contribution in [1.29, 1.82) is 0 Å². The standard InChI is InChI=1S/C19H22N6O2/c1-12-14-9-13(18(27)22-11-16(26)23-19(2,3)4)10-21-17(14)25(24-12)15-7-5-6-8-20-15/h5-10H,11H2,1-4H3,(H,22,27)(H,23,26). The number of fused-ring (bicyclic) bond motifs is 1. The average molecular weight is 366 g/mol. The zero-order chi connectivity index (χ0) is 19.6. The smallest absolute Gasteiger partial charge is 0.253 e. The zero-order valence-corrected chi connectivity index (χ0v) is 15.8. The van der Waals surface area contributed by atoms with Gasteiger partial charge in [0.25, 0.3) is 5.91 Å². The first-order valence-corrected chi connectivity index (χ1v) is 8.60. The van der Waals surface area contributed by atoms with Gasteiger partial charge in [0, 0.05) is 23.3 Å². The van der Waals surface area contributed by atoms with Crippen LogP contribution in [0.4, 0.5) is 0 Å². The van der Waals surface area contributed by atoms with Crippen molar-refractivity contribution in [2.75, 3.05) is 6.54 Å². The van der Waals surface area contributed by atoms with Gasteiger partial charge in [0.2, 0.25) is 5.91 Å². The van der Waals surface area contributed by atoms with Gasteiger partial charge < -0.3 is 10.6 Å². The van der Waals surface area contributed by atoms with Gasteiger partial charge >= 0.3 is 0 Å². The fourth-order valence-electron chi connectivity index (χ4n) is 2.63. The summed E-state index contributed by atoms with van der Waals surface area (Å²) in [5.41, 5.74) is 1.38. The van der Waals surface area contributed by atoms with Crippen LogP contribution >= 0.6 is 0 Å². The molecule has 140 valence electrons. The van der Waals surface area contributed by atoms with Crippen molar-refractivity contribution in [1.82, 2.24) is 30.4 Å². The van der Waals surface area contributed by atoms with Crippen molar-refractivity contribution in [3.63, 3.8) is 0 Å². The molecule has 0 saturated carbocycles. The molecule has 3 aromatic rings. The van der Waals surface area contributed by atoms with Crippen molar-refractivity contribution >= 4 is 22.8 Å². The number of nitrogens with one attached hydrogen (secondary N) is 2. The summed E-state index contributed by atoms with van der Waals surface area (Å²) in [5, 5.41) is 10.6. The summed E-state index contributed by atoms with van der Waals surface area (Å²) >= 11 is 0. The third-order valence-electron chi connectivity index (χ3n) is 3.76. The highest BCUT2D eigenvalue weighted by molar-refractivity contribution is 5.99. The molecule has 3 aromatic heterocycles. The molecular weight excluding hydrogens is 344 g/mol. The second kappa shape index (κ2) is 7.14. The molecule has 0 fully saturated rings. The van der Waals surface area contributed by atoms with E-state index in [1.54, 1.807) is 16.9 Å². The molecule has 3 heterocycles. The Labute approximate surface area is 157 Å². The van der Waals surface area contributed by atoms with Crippen LogP contribution in [0.25, 0.3) is 16.9 Å². The molecule has 0 spiro atoms. The SMILES string of the molecule is Cc1nn(-c2ccccn2)c2ncc(C(=O)NCC(=O)NC(C)(C)C)cc12. The predicted octanol–water partition coefficient (Wildman–Crippen LogP) is 1.77. The molecule has 27 heavy (non-hydrogen) atoms. The zero-order valence-electron chi connectivity index (χ0n) is 15.8. The average Bonchev–Trinajstić information content (AvgIpc) is 2.95. The fraction of sp³-hybridized carbons (Fsp3) is 0.316. The quantitative estimate of drug-likeness (QED) is 0.733. The molecule has 0 aliphatic rings. The molecule has 0 aromatic carbocycles. The highest BCUT2D eigenvalue weighted by Gasteiger charge is 2.17. The van der Waals surface area contributed by atoms with E-state index in [4.69, 9.17) is 0 Å². The second-order valence-corrected chi connectivity index (χ2v) is 7.26. The number of aromatic nitrogens is 4. The van der Waals surface area contributed by atoms with Gasteiger partial charge in [0.1, 0.15) is 0 Å². The van der Waals surface area contributed by atoms with E-state index in [-0.39, 0.29) is 23.9 Å². The number of carbonyl (C=O) groups is 2. The minimum atomic E-state index is -0.363. The first kappa shape index (κ1) is 18.5. The number of pyridine rings is 2. The number of carbonyl (C=O) groups excluding carboxylic acids is 2. The minimum Gasteiger partial charge on any atom is -0.350 e. The number of rotatable bonds is 4. The molecule has 0 aliphatic heterocycles. The van der Waals surface area contributed by atoms with Crippen LogP contribution in [0.1, 0.15) is 36.8 Å². The molecule has 0 radical (unpaired) electrons. The van der Waals surface area contributed by atoms with Crippen LogP contribution in [-0.2, 0) is 4.79 Å². The number of amides is 2. The van der Waals surface area contributed by atoms with E-state index >= 15 is 0 Å². The van der Waals surface area contributed by atoms with E-state index in [1.807, 2.05) is 45.9 Å². The summed E-state index contributed by atoms with van der Waals surface area (Å²) in [6.45, 7) is 7.40. The van der Waals surface area contributed by atoms with Gasteiger partial charge in [-0.3, -0.25) is 9.59 Å². The Morgan fingerprint density at radius 2 is 1.96 bits per heavy atom. The number of nitrogens with zero attached hydrogens (tertiary/aromatic N) is 4. The Bertz CT molecular complexity index is 989. The lowest BCUT2D eigenvalue weighted by atomic mass is 10.1. The van der Waals surface area contributed by atoms with E-state index in [0.717, 1.165) is 11.1 Å². The number of hydrogen-bond acceptors (Lipinski definition) is 5. The third kappa shape index (κ3) is 4.28. The first-order chi connectivity index (χ1) is 12.7. The topological polar surface area (TPSA) is 102 Å². The molecule has 8 nitrogen and oxygen atoms in total. The van der Waals surface area contributed by atoms with Crippen LogP contribution in [-0.4, -0.2) is 43.6 Å². The maximum absolute atomic E-state index is 12.4. The minimum absolute atomic E-state index is 0.0969. The lowest BCUT2D eigenvalue weighted by Crippen LogP contribution is -2.45. The van der Waals surface area contributed by atoms with Crippen LogP contribution in [0.3, 0.4) is 0 Å². The lowest BCUT2D eigenvalue weighted by Gasteiger charge is -2.20. The van der Waals surface area contributed by atoms with Crippen LogP contribution in [0.5, 0.6) is 0 Å². The summed E-state index contributed by atoms with van der Waals surface area (Å²) in [4.78, 5) is 32.9. The molecule has 2 N–H and O–H groups in total. The van der Waals surface area contributed by atoms with E-state index in [0.29, 0.717) is 17.0 Å². The molecular formula is C19H22N6O2. The van der Waals surface area contributed by atoms with E-state index in [9.17, 15) is 9.59 Å². The Morgan fingerprint density at radius 3 is 2.63 bits per heavy atom. The van der Waals surface area contributed by atoms with Crippen LogP contribution in [0.2, 0.25) is 0 Å². The van der Waals surface area contributed by atoms with Crippen LogP contribution in [0, 0.1) is 6.92 Å². The molecule has 0 unspecified atom stereocenters. The van der Waals surface area contributed by atoms with E-state index < -0.39 is 0 Å². The summed E-state index contributed by atoms with van der Waals surface area (Å²) in [6.07, 6.45) is 3.16. The van der Waals surface area contributed by atoms with E-state index in [1.165, 1.54) is 6.20 Å².